The molecule has 0 aromatic heterocycles. The van der Waals surface area contributed by atoms with Gasteiger partial charge in [0, 0.05) is 6.42 Å². The van der Waals surface area contributed by atoms with E-state index in [1.165, 1.54) is 25.1 Å². The zero-order valence-electron chi connectivity index (χ0n) is 10.2. The van der Waals surface area contributed by atoms with Crippen LogP contribution in [0.4, 0.5) is 0 Å². The SMILES string of the molecule is C[C@H](O)C(=O)N[C@@H](Cc1ccc(O)c(O)c1)C(=O)O. The number of hydrogen-bond acceptors (Lipinski definition) is 5. The smallest absolute Gasteiger partial charge is 0.326 e. The van der Waals surface area contributed by atoms with E-state index in [1.54, 1.807) is 0 Å². The summed E-state index contributed by atoms with van der Waals surface area (Å²) in [5, 5.41) is 38.6. The quantitative estimate of drug-likeness (QED) is 0.462. The lowest BCUT2D eigenvalue weighted by atomic mass is 10.0. The Bertz CT molecular complexity index is 485. The van der Waals surface area contributed by atoms with E-state index >= 15 is 0 Å². The number of carbonyl (C=O) groups excluding carboxylic acids is 1. The zero-order chi connectivity index (χ0) is 14.6. The van der Waals surface area contributed by atoms with Crippen LogP contribution < -0.4 is 5.32 Å². The molecule has 1 aromatic rings. The molecule has 0 aliphatic heterocycles. The van der Waals surface area contributed by atoms with Gasteiger partial charge in [-0.15, -0.1) is 0 Å². The molecule has 0 aliphatic rings. The number of amides is 1. The van der Waals surface area contributed by atoms with E-state index in [4.69, 9.17) is 15.3 Å². The standard InChI is InChI=1S/C12H15NO6/c1-6(14)11(17)13-8(12(18)19)4-7-2-3-9(15)10(16)5-7/h2-3,5-6,8,14-16H,4H2,1H3,(H,13,17)(H,18,19)/t6-,8-/m0/s1. The van der Waals surface area contributed by atoms with E-state index in [1.807, 2.05) is 0 Å². The molecule has 0 bridgehead atoms. The second kappa shape index (κ2) is 6.05. The number of aliphatic carboxylic acids is 1. The number of benzene rings is 1. The van der Waals surface area contributed by atoms with Crippen LogP contribution in [0.3, 0.4) is 0 Å². The highest BCUT2D eigenvalue weighted by Crippen LogP contribution is 2.25. The Hall–Kier alpha value is -2.28. The van der Waals surface area contributed by atoms with Crippen LogP contribution in [0.15, 0.2) is 18.2 Å². The fraction of sp³-hybridized carbons (Fsp3) is 0.333. The van der Waals surface area contributed by atoms with E-state index in [0.717, 1.165) is 0 Å². The van der Waals surface area contributed by atoms with Gasteiger partial charge in [-0.25, -0.2) is 4.79 Å². The average molecular weight is 269 g/mol. The number of aromatic hydroxyl groups is 2. The van der Waals surface area contributed by atoms with Gasteiger partial charge in [0.15, 0.2) is 11.5 Å². The van der Waals surface area contributed by atoms with E-state index < -0.39 is 24.0 Å². The monoisotopic (exact) mass is 269 g/mol. The van der Waals surface area contributed by atoms with Crippen LogP contribution >= 0.6 is 0 Å². The van der Waals surface area contributed by atoms with Crippen molar-refractivity contribution in [3.05, 3.63) is 23.8 Å². The van der Waals surface area contributed by atoms with Gasteiger partial charge in [-0.1, -0.05) is 6.07 Å². The molecule has 7 nitrogen and oxygen atoms in total. The maximum absolute atomic E-state index is 11.3. The van der Waals surface area contributed by atoms with Crippen molar-refractivity contribution in [1.82, 2.24) is 5.32 Å². The lowest BCUT2D eigenvalue weighted by molar-refractivity contribution is -0.143. The summed E-state index contributed by atoms with van der Waals surface area (Å²) in [7, 11) is 0. The fourth-order valence-corrected chi connectivity index (χ4v) is 1.42. The molecule has 2 atom stereocenters. The molecular weight excluding hydrogens is 254 g/mol. The number of carbonyl (C=O) groups is 2. The number of hydrogen-bond donors (Lipinski definition) is 5. The zero-order valence-corrected chi connectivity index (χ0v) is 10.2. The van der Waals surface area contributed by atoms with Crippen molar-refractivity contribution >= 4 is 11.9 Å². The van der Waals surface area contributed by atoms with Gasteiger partial charge in [0.2, 0.25) is 5.91 Å². The Morgan fingerprint density at radius 3 is 2.37 bits per heavy atom. The molecule has 7 heteroatoms. The van der Waals surface area contributed by atoms with Crippen LogP contribution in [0.5, 0.6) is 11.5 Å². The number of phenols is 2. The van der Waals surface area contributed by atoms with Crippen LogP contribution in [0.25, 0.3) is 0 Å². The molecule has 0 heterocycles. The third kappa shape index (κ3) is 4.14. The maximum Gasteiger partial charge on any atom is 0.326 e. The number of carboxylic acid groups (broad SMARTS) is 1. The lowest BCUT2D eigenvalue weighted by Gasteiger charge is -2.16. The summed E-state index contributed by atoms with van der Waals surface area (Å²) >= 11 is 0. The highest BCUT2D eigenvalue weighted by molar-refractivity contribution is 5.86. The summed E-state index contributed by atoms with van der Waals surface area (Å²) in [5.74, 6) is -2.75. The minimum Gasteiger partial charge on any atom is -0.504 e. The molecule has 5 N–H and O–H groups in total. The van der Waals surface area contributed by atoms with Crippen molar-refractivity contribution in [1.29, 1.82) is 0 Å². The Morgan fingerprint density at radius 1 is 1.26 bits per heavy atom. The van der Waals surface area contributed by atoms with Crippen LogP contribution in [0.1, 0.15) is 12.5 Å². The molecule has 0 unspecified atom stereocenters. The van der Waals surface area contributed by atoms with Crippen molar-refractivity contribution in [3.8, 4) is 11.5 Å². The summed E-state index contributed by atoms with van der Waals surface area (Å²) in [6.07, 6.45) is -1.39. The van der Waals surface area contributed by atoms with Gasteiger partial charge >= 0.3 is 5.97 Å². The molecule has 1 aromatic carbocycles. The number of aliphatic hydroxyl groups excluding tert-OH is 1. The normalized spacial score (nSPS) is 13.6. The van der Waals surface area contributed by atoms with Gasteiger partial charge in [0.1, 0.15) is 12.1 Å². The Morgan fingerprint density at radius 2 is 1.89 bits per heavy atom. The number of rotatable bonds is 5. The van der Waals surface area contributed by atoms with Gasteiger partial charge < -0.3 is 25.7 Å². The number of aliphatic hydroxyl groups is 1. The fourth-order valence-electron chi connectivity index (χ4n) is 1.42. The summed E-state index contributed by atoms with van der Waals surface area (Å²) in [6, 6.07) is 2.63. The van der Waals surface area contributed by atoms with Gasteiger partial charge in [-0.2, -0.15) is 0 Å². The molecule has 0 spiro atoms. The van der Waals surface area contributed by atoms with E-state index in [9.17, 15) is 14.7 Å². The molecule has 0 fully saturated rings. The molecule has 0 radical (unpaired) electrons. The second-order valence-electron chi connectivity index (χ2n) is 4.10. The van der Waals surface area contributed by atoms with E-state index in [2.05, 4.69) is 5.32 Å². The highest BCUT2D eigenvalue weighted by atomic mass is 16.4. The van der Waals surface area contributed by atoms with Crippen LogP contribution in [0.2, 0.25) is 0 Å². The maximum atomic E-state index is 11.3. The predicted molar refractivity (Wildman–Crippen MR) is 64.7 cm³/mol. The molecule has 104 valence electrons. The summed E-state index contributed by atoms with van der Waals surface area (Å²) < 4.78 is 0. The van der Waals surface area contributed by atoms with Gasteiger partial charge in [-0.3, -0.25) is 4.79 Å². The molecule has 19 heavy (non-hydrogen) atoms. The number of nitrogens with one attached hydrogen (secondary N) is 1. The Labute approximate surface area is 109 Å². The van der Waals surface area contributed by atoms with Crippen molar-refractivity contribution in [2.24, 2.45) is 0 Å². The molecule has 0 aliphatic carbocycles. The molecule has 1 amide bonds. The second-order valence-corrected chi connectivity index (χ2v) is 4.10. The lowest BCUT2D eigenvalue weighted by Crippen LogP contribution is -2.45. The van der Waals surface area contributed by atoms with Crippen LogP contribution in [0, 0.1) is 0 Å². The summed E-state index contributed by atoms with van der Waals surface area (Å²) in [4.78, 5) is 22.3. The van der Waals surface area contributed by atoms with Crippen molar-refractivity contribution in [2.45, 2.75) is 25.5 Å². The van der Waals surface area contributed by atoms with Crippen LogP contribution in [-0.4, -0.2) is 44.4 Å². The highest BCUT2D eigenvalue weighted by Gasteiger charge is 2.22. The largest absolute Gasteiger partial charge is 0.504 e. The third-order valence-electron chi connectivity index (χ3n) is 2.47. The summed E-state index contributed by atoms with van der Waals surface area (Å²) in [6.45, 7) is 1.22. The molecule has 1 rings (SSSR count). The van der Waals surface area contributed by atoms with Gasteiger partial charge in [0.25, 0.3) is 0 Å². The molecule has 0 saturated carbocycles. The topological polar surface area (TPSA) is 127 Å². The van der Waals surface area contributed by atoms with Gasteiger partial charge in [-0.05, 0) is 24.6 Å². The van der Waals surface area contributed by atoms with E-state index in [0.29, 0.717) is 5.56 Å². The first-order chi connectivity index (χ1) is 8.81. The van der Waals surface area contributed by atoms with Crippen molar-refractivity contribution in [3.63, 3.8) is 0 Å². The first-order valence-corrected chi connectivity index (χ1v) is 5.53. The molecular formula is C12H15NO6. The summed E-state index contributed by atoms with van der Waals surface area (Å²) in [5.41, 5.74) is 0.425. The first kappa shape index (κ1) is 14.8. The van der Waals surface area contributed by atoms with E-state index in [-0.39, 0.29) is 17.9 Å². The molecule has 0 saturated heterocycles. The Kier molecular flexibility index (Phi) is 4.71. The van der Waals surface area contributed by atoms with Crippen molar-refractivity contribution in [2.75, 3.05) is 0 Å². The van der Waals surface area contributed by atoms with Crippen LogP contribution in [-0.2, 0) is 16.0 Å². The minimum atomic E-state index is -1.31. The first-order valence-electron chi connectivity index (χ1n) is 5.53. The minimum absolute atomic E-state index is 0.0817. The van der Waals surface area contributed by atoms with Gasteiger partial charge in [0.05, 0.1) is 0 Å². The Balaban J connectivity index is 2.81. The predicted octanol–water partition coefficient (Wildman–Crippen LogP) is -0.410. The number of carboxylic acids is 1. The third-order valence-corrected chi connectivity index (χ3v) is 2.47. The number of phenolic OH excluding ortho intramolecular Hbond substituents is 2. The average Bonchev–Trinajstić information content (AvgIpc) is 2.32. The van der Waals surface area contributed by atoms with Crippen molar-refractivity contribution < 1.29 is 30.0 Å².